The van der Waals surface area contributed by atoms with E-state index in [0.29, 0.717) is 6.42 Å². The summed E-state index contributed by atoms with van der Waals surface area (Å²) in [7, 11) is 0. The van der Waals surface area contributed by atoms with Gasteiger partial charge in [0.05, 0.1) is 0 Å². The normalized spacial score (nSPS) is 12.1. The zero-order valence-corrected chi connectivity index (χ0v) is 16.5. The molecule has 25 heavy (non-hydrogen) atoms. The second-order valence-corrected chi connectivity index (χ2v) is 7.12. The van der Waals surface area contributed by atoms with Crippen molar-refractivity contribution < 1.29 is 9.53 Å². The summed E-state index contributed by atoms with van der Waals surface area (Å²) in [6.07, 6.45) is 15.3. The minimum atomic E-state index is -0.0494. The van der Waals surface area contributed by atoms with Crippen molar-refractivity contribution in [2.75, 3.05) is 0 Å². The lowest BCUT2D eigenvalue weighted by atomic mass is 10.0. The minimum Gasteiger partial charge on any atom is -0.462 e. The molecule has 0 saturated heterocycles. The Kier molecular flexibility index (Phi) is 13.0. The van der Waals surface area contributed by atoms with E-state index in [9.17, 15) is 4.79 Å². The number of aryl methyl sites for hydroxylation is 1. The van der Waals surface area contributed by atoms with Crippen LogP contribution in [0.2, 0.25) is 0 Å². The molecule has 0 radical (unpaired) electrons. The summed E-state index contributed by atoms with van der Waals surface area (Å²) >= 11 is 0. The standard InChI is InChI=1S/C23H38O2/c1-3-5-6-7-8-9-10-11-15-18-22(4-2)25-23(24)20-19-21-16-13-12-14-17-21/h12-14,16-17,22H,3-11,15,18-20H2,1-2H3. The number of ether oxygens (including phenoxy) is 1. The monoisotopic (exact) mass is 346 g/mol. The molecular formula is C23H38O2. The zero-order chi connectivity index (χ0) is 18.2. The summed E-state index contributed by atoms with van der Waals surface area (Å²) in [6, 6.07) is 10.2. The average Bonchev–Trinajstić information content (AvgIpc) is 2.65. The van der Waals surface area contributed by atoms with Gasteiger partial charge in [-0.2, -0.15) is 0 Å². The molecule has 1 unspecified atom stereocenters. The van der Waals surface area contributed by atoms with Gasteiger partial charge in [0.15, 0.2) is 0 Å². The maximum absolute atomic E-state index is 12.0. The minimum absolute atomic E-state index is 0.0494. The first-order chi connectivity index (χ1) is 12.3. The molecule has 0 aliphatic rings. The Labute approximate surface area is 155 Å². The van der Waals surface area contributed by atoms with Crippen LogP contribution in [0.15, 0.2) is 30.3 Å². The van der Waals surface area contributed by atoms with Crippen LogP contribution < -0.4 is 0 Å². The lowest BCUT2D eigenvalue weighted by Gasteiger charge is -2.16. The van der Waals surface area contributed by atoms with E-state index in [2.05, 4.69) is 26.0 Å². The van der Waals surface area contributed by atoms with E-state index in [-0.39, 0.29) is 12.1 Å². The van der Waals surface area contributed by atoms with Crippen LogP contribution in [0.25, 0.3) is 0 Å². The van der Waals surface area contributed by atoms with Gasteiger partial charge in [0.1, 0.15) is 6.10 Å². The van der Waals surface area contributed by atoms with E-state index in [4.69, 9.17) is 4.74 Å². The summed E-state index contributed by atoms with van der Waals surface area (Å²) in [5.74, 6) is -0.0494. The Morgan fingerprint density at radius 1 is 0.880 bits per heavy atom. The second-order valence-electron chi connectivity index (χ2n) is 7.12. The molecule has 0 spiro atoms. The van der Waals surface area contributed by atoms with Crippen LogP contribution in [0.3, 0.4) is 0 Å². The van der Waals surface area contributed by atoms with Crippen LogP contribution in [0.4, 0.5) is 0 Å². The lowest BCUT2D eigenvalue weighted by Crippen LogP contribution is -2.17. The molecule has 0 amide bonds. The summed E-state index contributed by atoms with van der Waals surface area (Å²) < 4.78 is 5.65. The summed E-state index contributed by atoms with van der Waals surface area (Å²) in [5, 5.41) is 0. The topological polar surface area (TPSA) is 26.3 Å². The fraction of sp³-hybridized carbons (Fsp3) is 0.696. The number of hydrogen-bond donors (Lipinski definition) is 0. The van der Waals surface area contributed by atoms with Crippen molar-refractivity contribution in [3.63, 3.8) is 0 Å². The molecular weight excluding hydrogens is 308 g/mol. The van der Waals surface area contributed by atoms with Crippen LogP contribution in [0.5, 0.6) is 0 Å². The number of unbranched alkanes of at least 4 members (excludes halogenated alkanes) is 8. The van der Waals surface area contributed by atoms with Gasteiger partial charge in [-0.15, -0.1) is 0 Å². The van der Waals surface area contributed by atoms with Crippen LogP contribution in [0.1, 0.15) is 96.5 Å². The highest BCUT2D eigenvalue weighted by Crippen LogP contribution is 2.15. The van der Waals surface area contributed by atoms with Gasteiger partial charge in [-0.3, -0.25) is 4.79 Å². The number of esters is 1. The van der Waals surface area contributed by atoms with E-state index < -0.39 is 0 Å². The Morgan fingerprint density at radius 3 is 2.08 bits per heavy atom. The fourth-order valence-corrected chi connectivity index (χ4v) is 3.16. The zero-order valence-electron chi connectivity index (χ0n) is 16.5. The second kappa shape index (κ2) is 15.0. The summed E-state index contributed by atoms with van der Waals surface area (Å²) in [4.78, 5) is 12.0. The predicted octanol–water partition coefficient (Wildman–Crippen LogP) is 6.86. The van der Waals surface area contributed by atoms with Gasteiger partial charge < -0.3 is 4.74 Å². The Hall–Kier alpha value is -1.31. The van der Waals surface area contributed by atoms with Gasteiger partial charge in [-0.1, -0.05) is 95.5 Å². The van der Waals surface area contributed by atoms with E-state index in [1.807, 2.05) is 18.2 Å². The molecule has 0 fully saturated rings. The highest BCUT2D eigenvalue weighted by molar-refractivity contribution is 5.69. The van der Waals surface area contributed by atoms with Crippen molar-refractivity contribution >= 4 is 5.97 Å². The third kappa shape index (κ3) is 11.8. The van der Waals surface area contributed by atoms with Gasteiger partial charge in [0.2, 0.25) is 0 Å². The maximum atomic E-state index is 12.0. The third-order valence-corrected chi connectivity index (χ3v) is 4.84. The molecule has 1 aromatic rings. The maximum Gasteiger partial charge on any atom is 0.306 e. The van der Waals surface area contributed by atoms with Crippen molar-refractivity contribution in [3.05, 3.63) is 35.9 Å². The summed E-state index contributed by atoms with van der Waals surface area (Å²) in [5.41, 5.74) is 1.20. The Balaban J connectivity index is 2.04. The van der Waals surface area contributed by atoms with Crippen molar-refractivity contribution in [3.8, 4) is 0 Å². The molecule has 1 aromatic carbocycles. The van der Waals surface area contributed by atoms with Crippen LogP contribution >= 0.6 is 0 Å². The molecule has 0 heterocycles. The highest BCUT2D eigenvalue weighted by atomic mass is 16.5. The van der Waals surface area contributed by atoms with Crippen molar-refractivity contribution in [2.24, 2.45) is 0 Å². The summed E-state index contributed by atoms with van der Waals surface area (Å²) in [6.45, 7) is 4.38. The molecule has 2 heteroatoms. The van der Waals surface area contributed by atoms with Crippen molar-refractivity contribution in [2.45, 2.75) is 103 Å². The Bertz CT molecular complexity index is 427. The SMILES string of the molecule is CCCCCCCCCCCC(CC)OC(=O)CCc1ccccc1. The third-order valence-electron chi connectivity index (χ3n) is 4.84. The van der Waals surface area contributed by atoms with E-state index in [1.165, 1.54) is 63.4 Å². The van der Waals surface area contributed by atoms with Crippen LogP contribution in [-0.2, 0) is 16.0 Å². The van der Waals surface area contributed by atoms with Gasteiger partial charge in [-0.05, 0) is 31.2 Å². The van der Waals surface area contributed by atoms with Gasteiger partial charge in [-0.25, -0.2) is 0 Å². The number of carbonyl (C=O) groups excluding carboxylic acids is 1. The molecule has 0 bridgehead atoms. The number of hydrogen-bond acceptors (Lipinski definition) is 2. The molecule has 2 nitrogen and oxygen atoms in total. The van der Waals surface area contributed by atoms with Gasteiger partial charge in [0, 0.05) is 6.42 Å². The van der Waals surface area contributed by atoms with Crippen molar-refractivity contribution in [1.82, 2.24) is 0 Å². The van der Waals surface area contributed by atoms with E-state index in [1.54, 1.807) is 0 Å². The lowest BCUT2D eigenvalue weighted by molar-refractivity contribution is -0.149. The Morgan fingerprint density at radius 2 is 1.48 bits per heavy atom. The first-order valence-electron chi connectivity index (χ1n) is 10.5. The smallest absolute Gasteiger partial charge is 0.306 e. The van der Waals surface area contributed by atoms with Crippen LogP contribution in [0, 0.1) is 0 Å². The predicted molar refractivity (Wildman–Crippen MR) is 107 cm³/mol. The molecule has 0 N–H and O–H groups in total. The van der Waals surface area contributed by atoms with E-state index >= 15 is 0 Å². The molecule has 0 saturated carbocycles. The molecule has 0 aromatic heterocycles. The quantitative estimate of drug-likeness (QED) is 0.256. The van der Waals surface area contributed by atoms with Gasteiger partial charge >= 0.3 is 5.97 Å². The average molecular weight is 347 g/mol. The number of carbonyl (C=O) groups is 1. The van der Waals surface area contributed by atoms with Gasteiger partial charge in [0.25, 0.3) is 0 Å². The molecule has 0 aliphatic carbocycles. The molecule has 0 aliphatic heterocycles. The van der Waals surface area contributed by atoms with E-state index in [0.717, 1.165) is 19.3 Å². The molecule has 1 rings (SSSR count). The first kappa shape index (κ1) is 21.7. The highest BCUT2D eigenvalue weighted by Gasteiger charge is 2.12. The van der Waals surface area contributed by atoms with Crippen LogP contribution in [-0.4, -0.2) is 12.1 Å². The fourth-order valence-electron chi connectivity index (χ4n) is 3.16. The first-order valence-corrected chi connectivity index (χ1v) is 10.5. The number of benzene rings is 1. The molecule has 142 valence electrons. The molecule has 1 atom stereocenters. The largest absolute Gasteiger partial charge is 0.462 e. The number of rotatable bonds is 15. The van der Waals surface area contributed by atoms with Crippen molar-refractivity contribution in [1.29, 1.82) is 0 Å².